The summed E-state index contributed by atoms with van der Waals surface area (Å²) in [4.78, 5) is 22.4. The van der Waals surface area contributed by atoms with Gasteiger partial charge in [0.05, 0.1) is 10.5 Å². The average molecular weight is 370 g/mol. The number of nitrogens with one attached hydrogen (secondary N) is 1. The summed E-state index contributed by atoms with van der Waals surface area (Å²) < 4.78 is 0.656. The molecular weight excluding hydrogens is 360 g/mol. The maximum Gasteiger partial charge on any atom is 0.289 e. The van der Waals surface area contributed by atoms with Crippen molar-refractivity contribution in [2.24, 2.45) is 0 Å². The van der Waals surface area contributed by atoms with E-state index in [2.05, 4.69) is 21.2 Å². The third kappa shape index (κ3) is 3.59. The Bertz CT molecular complexity index is 734. The summed E-state index contributed by atoms with van der Waals surface area (Å²) in [7, 11) is 0. The zero-order valence-corrected chi connectivity index (χ0v) is 13.2. The van der Waals surface area contributed by atoms with Gasteiger partial charge in [-0.2, -0.15) is 0 Å². The molecule has 0 aliphatic heterocycles. The van der Waals surface area contributed by atoms with E-state index in [-0.39, 0.29) is 16.6 Å². The number of nitrogens with zero attached hydrogens (tertiary/aromatic N) is 1. The molecule has 0 atom stereocenters. The predicted molar refractivity (Wildman–Crippen MR) is 84.9 cm³/mol. The standard InChI is InChI=1S/C14H10BrClN2O3/c1-8-2-4-10(11(15)6-8)14(19)17-9-3-5-12(16)13(7-9)18(20)21/h2-7H,1H3,(H,17,19). The van der Waals surface area contributed by atoms with Crippen LogP contribution in [0.3, 0.4) is 0 Å². The van der Waals surface area contributed by atoms with Crippen molar-refractivity contribution in [1.29, 1.82) is 0 Å². The highest BCUT2D eigenvalue weighted by atomic mass is 79.9. The smallest absolute Gasteiger partial charge is 0.289 e. The number of aryl methyl sites for hydroxylation is 1. The van der Waals surface area contributed by atoms with Crippen molar-refractivity contribution < 1.29 is 9.72 Å². The van der Waals surface area contributed by atoms with Crippen LogP contribution in [0.2, 0.25) is 5.02 Å². The molecule has 108 valence electrons. The van der Waals surface area contributed by atoms with Crippen molar-refractivity contribution in [3.63, 3.8) is 0 Å². The van der Waals surface area contributed by atoms with Crippen LogP contribution < -0.4 is 5.32 Å². The van der Waals surface area contributed by atoms with Crippen LogP contribution in [0, 0.1) is 17.0 Å². The highest BCUT2D eigenvalue weighted by Crippen LogP contribution is 2.28. The zero-order chi connectivity index (χ0) is 15.6. The van der Waals surface area contributed by atoms with Gasteiger partial charge in [-0.05, 0) is 52.7 Å². The summed E-state index contributed by atoms with van der Waals surface area (Å²) in [5.41, 5.74) is 1.51. The molecule has 0 saturated carbocycles. The van der Waals surface area contributed by atoms with E-state index in [1.807, 2.05) is 19.1 Å². The Kier molecular flexibility index (Phi) is 4.59. The second-order valence-electron chi connectivity index (χ2n) is 4.36. The summed E-state index contributed by atoms with van der Waals surface area (Å²) in [6.45, 7) is 1.91. The summed E-state index contributed by atoms with van der Waals surface area (Å²) in [5.74, 6) is -0.363. The van der Waals surface area contributed by atoms with E-state index in [1.165, 1.54) is 18.2 Å². The fraction of sp³-hybridized carbons (Fsp3) is 0.0714. The predicted octanol–water partition coefficient (Wildman–Crippen LogP) is 4.57. The zero-order valence-electron chi connectivity index (χ0n) is 10.9. The van der Waals surface area contributed by atoms with Crippen LogP contribution in [0.15, 0.2) is 40.9 Å². The quantitative estimate of drug-likeness (QED) is 0.636. The number of hydrogen-bond acceptors (Lipinski definition) is 3. The summed E-state index contributed by atoms with van der Waals surface area (Å²) in [5, 5.41) is 13.5. The highest BCUT2D eigenvalue weighted by Gasteiger charge is 2.15. The molecule has 0 fully saturated rings. The Morgan fingerprint density at radius 2 is 2.00 bits per heavy atom. The van der Waals surface area contributed by atoms with Crippen molar-refractivity contribution in [2.75, 3.05) is 5.32 Å². The molecule has 0 unspecified atom stereocenters. The number of halogens is 2. The van der Waals surface area contributed by atoms with Crippen LogP contribution in [-0.4, -0.2) is 10.8 Å². The number of rotatable bonds is 3. The Morgan fingerprint density at radius 3 is 2.62 bits per heavy atom. The van der Waals surface area contributed by atoms with E-state index >= 15 is 0 Å². The molecule has 0 radical (unpaired) electrons. The van der Waals surface area contributed by atoms with Crippen molar-refractivity contribution in [2.45, 2.75) is 6.92 Å². The monoisotopic (exact) mass is 368 g/mol. The topological polar surface area (TPSA) is 72.2 Å². The highest BCUT2D eigenvalue weighted by molar-refractivity contribution is 9.10. The summed E-state index contributed by atoms with van der Waals surface area (Å²) >= 11 is 9.05. The van der Waals surface area contributed by atoms with Gasteiger partial charge in [0.1, 0.15) is 5.02 Å². The third-order valence-electron chi connectivity index (χ3n) is 2.77. The second-order valence-corrected chi connectivity index (χ2v) is 5.62. The molecule has 0 aliphatic rings. The normalized spacial score (nSPS) is 10.2. The number of benzene rings is 2. The lowest BCUT2D eigenvalue weighted by Gasteiger charge is -2.08. The number of nitro groups is 1. The first kappa shape index (κ1) is 15.5. The molecule has 2 aromatic carbocycles. The Labute approximate surface area is 134 Å². The molecule has 0 bridgehead atoms. The van der Waals surface area contributed by atoms with Crippen LogP contribution in [-0.2, 0) is 0 Å². The number of hydrogen-bond donors (Lipinski definition) is 1. The number of anilines is 1. The van der Waals surface area contributed by atoms with E-state index in [0.717, 1.165) is 5.56 Å². The Balaban J connectivity index is 2.27. The van der Waals surface area contributed by atoms with Crippen molar-refractivity contribution in [1.82, 2.24) is 0 Å². The number of nitro benzene ring substituents is 1. The van der Waals surface area contributed by atoms with Gasteiger partial charge >= 0.3 is 0 Å². The number of carbonyl (C=O) groups excluding carboxylic acids is 1. The molecule has 2 rings (SSSR count). The Morgan fingerprint density at radius 1 is 1.29 bits per heavy atom. The first-order chi connectivity index (χ1) is 9.88. The lowest BCUT2D eigenvalue weighted by Crippen LogP contribution is -2.12. The fourth-order valence-electron chi connectivity index (χ4n) is 1.73. The molecule has 2 aromatic rings. The molecule has 1 N–H and O–H groups in total. The van der Waals surface area contributed by atoms with Gasteiger partial charge in [-0.3, -0.25) is 14.9 Å². The van der Waals surface area contributed by atoms with Gasteiger partial charge in [0.2, 0.25) is 0 Å². The maximum atomic E-state index is 12.2. The van der Waals surface area contributed by atoms with Gasteiger partial charge in [0.25, 0.3) is 11.6 Å². The second kappa shape index (κ2) is 6.24. The van der Waals surface area contributed by atoms with Gasteiger partial charge in [0.15, 0.2) is 0 Å². The van der Waals surface area contributed by atoms with Gasteiger partial charge in [-0.15, -0.1) is 0 Å². The van der Waals surface area contributed by atoms with Crippen molar-refractivity contribution in [3.8, 4) is 0 Å². The largest absolute Gasteiger partial charge is 0.322 e. The molecule has 1 amide bonds. The lowest BCUT2D eigenvalue weighted by atomic mass is 10.1. The van der Waals surface area contributed by atoms with Gasteiger partial charge in [-0.25, -0.2) is 0 Å². The number of amides is 1. The first-order valence-electron chi connectivity index (χ1n) is 5.90. The summed E-state index contributed by atoms with van der Waals surface area (Å²) in [6.07, 6.45) is 0. The minimum atomic E-state index is -0.597. The first-order valence-corrected chi connectivity index (χ1v) is 7.07. The minimum absolute atomic E-state index is 0.0227. The van der Waals surface area contributed by atoms with Crippen LogP contribution >= 0.6 is 27.5 Å². The average Bonchev–Trinajstić information content (AvgIpc) is 2.40. The van der Waals surface area contributed by atoms with Crippen LogP contribution in [0.5, 0.6) is 0 Å². The Hall–Kier alpha value is -1.92. The van der Waals surface area contributed by atoms with Crippen LogP contribution in [0.1, 0.15) is 15.9 Å². The molecular formula is C14H10BrClN2O3. The van der Waals surface area contributed by atoms with Gasteiger partial charge in [-0.1, -0.05) is 17.7 Å². The van der Waals surface area contributed by atoms with Crippen molar-refractivity contribution in [3.05, 3.63) is 67.1 Å². The van der Waals surface area contributed by atoms with E-state index in [0.29, 0.717) is 15.7 Å². The van der Waals surface area contributed by atoms with Gasteiger partial charge < -0.3 is 5.32 Å². The fourth-order valence-corrected chi connectivity index (χ4v) is 2.59. The van der Waals surface area contributed by atoms with Crippen molar-refractivity contribution >= 4 is 44.8 Å². The van der Waals surface area contributed by atoms with E-state index in [4.69, 9.17) is 11.6 Å². The van der Waals surface area contributed by atoms with Crippen LogP contribution in [0.25, 0.3) is 0 Å². The van der Waals surface area contributed by atoms with E-state index < -0.39 is 4.92 Å². The molecule has 0 aromatic heterocycles. The molecule has 0 saturated heterocycles. The third-order valence-corrected chi connectivity index (χ3v) is 3.75. The molecule has 5 nitrogen and oxygen atoms in total. The molecule has 0 aliphatic carbocycles. The summed E-state index contributed by atoms with van der Waals surface area (Å²) in [6, 6.07) is 9.42. The minimum Gasteiger partial charge on any atom is -0.322 e. The molecule has 0 heterocycles. The maximum absolute atomic E-state index is 12.2. The van der Waals surface area contributed by atoms with Crippen LogP contribution in [0.4, 0.5) is 11.4 Å². The lowest BCUT2D eigenvalue weighted by molar-refractivity contribution is -0.384. The molecule has 7 heteroatoms. The molecule has 0 spiro atoms. The van der Waals surface area contributed by atoms with E-state index in [1.54, 1.807) is 6.07 Å². The number of carbonyl (C=O) groups is 1. The van der Waals surface area contributed by atoms with Gasteiger partial charge in [0, 0.05) is 16.2 Å². The SMILES string of the molecule is Cc1ccc(C(=O)Nc2ccc(Cl)c([N+](=O)[O-])c2)c(Br)c1. The van der Waals surface area contributed by atoms with E-state index in [9.17, 15) is 14.9 Å². The molecule has 21 heavy (non-hydrogen) atoms.